The Morgan fingerprint density at radius 2 is 1.66 bits per heavy atom. The van der Waals surface area contributed by atoms with E-state index in [0.29, 0.717) is 27.7 Å². The summed E-state index contributed by atoms with van der Waals surface area (Å²) in [7, 11) is -3.78. The van der Waals surface area contributed by atoms with Crippen LogP contribution in [0.5, 0.6) is 0 Å². The molecule has 192 valence electrons. The van der Waals surface area contributed by atoms with E-state index in [1.165, 1.54) is 4.90 Å². The topological polar surface area (TPSA) is 86.8 Å². The lowest BCUT2D eigenvalue weighted by Crippen LogP contribution is -2.55. The molecule has 0 aliphatic heterocycles. The molecule has 11 heteroatoms. The molecule has 0 aromatic heterocycles. The van der Waals surface area contributed by atoms with Crippen LogP contribution < -0.4 is 9.62 Å². The van der Waals surface area contributed by atoms with Crippen molar-refractivity contribution in [2.75, 3.05) is 17.1 Å². The molecule has 2 aromatic carbocycles. The molecule has 0 aliphatic carbocycles. The quantitative estimate of drug-likeness (QED) is 0.382. The number of carbonyl (C=O) groups excluding carboxylic acids is 2. The SMILES string of the molecule is CC[C@@H](C(=O)NC(C)(C)C)N(Cc1ccc(Cl)c(Cl)c1)C(=O)CN(c1ccc(I)cc1)S(C)(=O)=O. The van der Waals surface area contributed by atoms with Crippen LogP contribution in [-0.2, 0) is 26.2 Å². The molecule has 0 spiro atoms. The van der Waals surface area contributed by atoms with E-state index in [1.807, 2.05) is 20.8 Å². The van der Waals surface area contributed by atoms with Crippen molar-refractivity contribution in [3.8, 4) is 0 Å². The summed E-state index contributed by atoms with van der Waals surface area (Å²) < 4.78 is 27.2. The smallest absolute Gasteiger partial charge is 0.244 e. The lowest BCUT2D eigenvalue weighted by molar-refractivity contribution is -0.141. The van der Waals surface area contributed by atoms with Crippen LogP contribution in [-0.4, -0.2) is 49.5 Å². The van der Waals surface area contributed by atoms with E-state index in [4.69, 9.17) is 23.2 Å². The van der Waals surface area contributed by atoms with Gasteiger partial charge in [-0.05, 0) is 91.7 Å². The van der Waals surface area contributed by atoms with Crippen molar-refractivity contribution in [3.63, 3.8) is 0 Å². The van der Waals surface area contributed by atoms with Gasteiger partial charge in [-0.15, -0.1) is 0 Å². The van der Waals surface area contributed by atoms with E-state index in [0.717, 1.165) is 14.1 Å². The van der Waals surface area contributed by atoms with Gasteiger partial charge in [-0.25, -0.2) is 8.42 Å². The van der Waals surface area contributed by atoms with Crippen LogP contribution in [0, 0.1) is 3.57 Å². The number of rotatable bonds is 9. The standard InChI is InChI=1S/C24H30Cl2IN3O4S/c1-6-21(23(32)28-24(2,3)4)29(14-16-7-12-19(25)20(26)13-16)22(31)15-30(35(5,33)34)18-10-8-17(27)9-11-18/h7-13,21H,6,14-15H2,1-5H3,(H,28,32)/t21-/m0/s1. The van der Waals surface area contributed by atoms with Gasteiger partial charge in [0.2, 0.25) is 21.8 Å². The molecular weight excluding hydrogens is 624 g/mol. The first-order chi connectivity index (χ1) is 16.1. The normalized spacial score (nSPS) is 12.7. The summed E-state index contributed by atoms with van der Waals surface area (Å²) >= 11 is 14.3. The highest BCUT2D eigenvalue weighted by molar-refractivity contribution is 14.1. The third-order valence-corrected chi connectivity index (χ3v) is 7.61. The van der Waals surface area contributed by atoms with Gasteiger partial charge in [-0.2, -0.15) is 0 Å². The second-order valence-electron chi connectivity index (χ2n) is 9.18. The van der Waals surface area contributed by atoms with Crippen LogP contribution in [0.1, 0.15) is 39.7 Å². The number of sulfonamides is 1. The predicted molar refractivity (Wildman–Crippen MR) is 150 cm³/mol. The number of hydrogen-bond acceptors (Lipinski definition) is 4. The molecule has 1 N–H and O–H groups in total. The third kappa shape index (κ3) is 8.80. The van der Waals surface area contributed by atoms with Crippen molar-refractivity contribution in [1.29, 1.82) is 0 Å². The van der Waals surface area contributed by atoms with Crippen LogP contribution >= 0.6 is 45.8 Å². The lowest BCUT2D eigenvalue weighted by Gasteiger charge is -2.34. The Kier molecular flexibility index (Phi) is 10.3. The van der Waals surface area contributed by atoms with Gasteiger partial charge in [-0.3, -0.25) is 13.9 Å². The highest BCUT2D eigenvalue weighted by atomic mass is 127. The molecule has 0 saturated carbocycles. The van der Waals surface area contributed by atoms with Gasteiger partial charge in [0.15, 0.2) is 0 Å². The minimum atomic E-state index is -3.78. The maximum atomic E-state index is 13.6. The van der Waals surface area contributed by atoms with Crippen molar-refractivity contribution in [1.82, 2.24) is 10.2 Å². The van der Waals surface area contributed by atoms with Gasteiger partial charge in [0.1, 0.15) is 12.6 Å². The number of halogens is 3. The Morgan fingerprint density at radius 1 is 1.06 bits per heavy atom. The Morgan fingerprint density at radius 3 is 2.14 bits per heavy atom. The molecule has 1 atom stereocenters. The van der Waals surface area contributed by atoms with E-state index >= 15 is 0 Å². The maximum Gasteiger partial charge on any atom is 0.244 e. The van der Waals surface area contributed by atoms with Gasteiger partial charge >= 0.3 is 0 Å². The van der Waals surface area contributed by atoms with Gasteiger partial charge < -0.3 is 10.2 Å². The molecule has 2 aromatic rings. The van der Waals surface area contributed by atoms with E-state index < -0.39 is 34.1 Å². The number of hydrogen-bond donors (Lipinski definition) is 1. The maximum absolute atomic E-state index is 13.6. The summed E-state index contributed by atoms with van der Waals surface area (Å²) in [6.07, 6.45) is 1.38. The van der Waals surface area contributed by atoms with Crippen molar-refractivity contribution in [3.05, 3.63) is 61.6 Å². The molecule has 35 heavy (non-hydrogen) atoms. The van der Waals surface area contributed by atoms with Gasteiger partial charge in [0, 0.05) is 15.7 Å². The van der Waals surface area contributed by atoms with Crippen LogP contribution in [0.4, 0.5) is 5.69 Å². The molecule has 0 unspecified atom stereocenters. The zero-order valence-corrected chi connectivity index (χ0v) is 24.8. The fourth-order valence-corrected chi connectivity index (χ4v) is 4.96. The first-order valence-corrected chi connectivity index (χ1v) is 14.6. The molecule has 2 amide bonds. The first kappa shape index (κ1) is 29.7. The Hall–Kier alpha value is -1.56. The second-order valence-corrected chi connectivity index (χ2v) is 13.1. The highest BCUT2D eigenvalue weighted by Crippen LogP contribution is 2.25. The molecule has 0 saturated heterocycles. The van der Waals surface area contributed by atoms with E-state index in [2.05, 4.69) is 27.9 Å². The fraction of sp³-hybridized carbons (Fsp3) is 0.417. The average molecular weight is 654 g/mol. The molecule has 0 fully saturated rings. The Bertz CT molecular complexity index is 1170. The number of carbonyl (C=O) groups is 2. The van der Waals surface area contributed by atoms with Crippen LogP contribution in [0.3, 0.4) is 0 Å². The molecule has 2 rings (SSSR count). The minimum absolute atomic E-state index is 0.0517. The van der Waals surface area contributed by atoms with Crippen LogP contribution in [0.15, 0.2) is 42.5 Å². The largest absolute Gasteiger partial charge is 0.350 e. The third-order valence-electron chi connectivity index (χ3n) is 5.01. The highest BCUT2D eigenvalue weighted by Gasteiger charge is 2.33. The van der Waals surface area contributed by atoms with E-state index in [9.17, 15) is 18.0 Å². The van der Waals surface area contributed by atoms with Crippen molar-refractivity contribution in [2.24, 2.45) is 0 Å². The summed E-state index contributed by atoms with van der Waals surface area (Å²) in [5.41, 5.74) is 0.515. The van der Waals surface area contributed by atoms with Crippen molar-refractivity contribution in [2.45, 2.75) is 52.2 Å². The zero-order valence-electron chi connectivity index (χ0n) is 20.3. The summed E-state index contributed by atoms with van der Waals surface area (Å²) in [6.45, 7) is 6.95. The van der Waals surface area contributed by atoms with E-state index in [-0.39, 0.29) is 12.5 Å². The monoisotopic (exact) mass is 653 g/mol. The summed E-state index contributed by atoms with van der Waals surface area (Å²) in [6, 6.07) is 10.9. The molecular formula is C24H30Cl2IN3O4S. The fourth-order valence-electron chi connectivity index (χ4n) is 3.43. The van der Waals surface area contributed by atoms with Gasteiger partial charge in [-0.1, -0.05) is 36.2 Å². The predicted octanol–water partition coefficient (Wildman–Crippen LogP) is 5.09. The molecule has 7 nitrogen and oxygen atoms in total. The summed E-state index contributed by atoms with van der Waals surface area (Å²) in [4.78, 5) is 28.2. The number of anilines is 1. The first-order valence-electron chi connectivity index (χ1n) is 10.9. The second kappa shape index (κ2) is 12.1. The number of benzene rings is 2. The van der Waals surface area contributed by atoms with Crippen molar-refractivity contribution < 1.29 is 18.0 Å². The Balaban J connectivity index is 2.47. The minimum Gasteiger partial charge on any atom is -0.350 e. The van der Waals surface area contributed by atoms with Crippen LogP contribution in [0.25, 0.3) is 0 Å². The van der Waals surface area contributed by atoms with Crippen LogP contribution in [0.2, 0.25) is 10.0 Å². The molecule has 0 heterocycles. The number of nitrogens with zero attached hydrogens (tertiary/aromatic N) is 2. The Labute approximate surface area is 231 Å². The number of amides is 2. The van der Waals surface area contributed by atoms with E-state index in [1.54, 1.807) is 49.4 Å². The summed E-state index contributed by atoms with van der Waals surface area (Å²) in [5, 5.41) is 3.61. The molecule has 0 radical (unpaired) electrons. The summed E-state index contributed by atoms with van der Waals surface area (Å²) in [5.74, 6) is -0.843. The van der Waals surface area contributed by atoms with Gasteiger partial charge in [0.25, 0.3) is 0 Å². The number of nitrogens with one attached hydrogen (secondary N) is 1. The lowest BCUT2D eigenvalue weighted by atomic mass is 10.1. The molecule has 0 bridgehead atoms. The average Bonchev–Trinajstić information content (AvgIpc) is 2.73. The zero-order chi connectivity index (χ0) is 26.6. The van der Waals surface area contributed by atoms with Gasteiger partial charge in [0.05, 0.1) is 22.0 Å². The molecule has 0 aliphatic rings. The van der Waals surface area contributed by atoms with Crippen molar-refractivity contribution >= 4 is 73.3 Å².